The Morgan fingerprint density at radius 3 is 2.45 bits per heavy atom. The van der Waals surface area contributed by atoms with E-state index in [9.17, 15) is 4.39 Å². The van der Waals surface area contributed by atoms with E-state index in [1.165, 1.54) is 12.1 Å². The van der Waals surface area contributed by atoms with E-state index in [4.69, 9.17) is 4.52 Å². The van der Waals surface area contributed by atoms with E-state index in [2.05, 4.69) is 15.0 Å². The summed E-state index contributed by atoms with van der Waals surface area (Å²) in [6.07, 6.45) is 0. The molecule has 3 rings (SSSR count). The van der Waals surface area contributed by atoms with Crippen molar-refractivity contribution in [3.8, 4) is 0 Å². The Labute approximate surface area is 117 Å². The SMILES string of the molecule is Cc1cc(CN2CCN(c3ccc(F)cc3)CC2)no1. The molecular formula is C15H18FN3O. The van der Waals surface area contributed by atoms with Crippen molar-refractivity contribution in [2.75, 3.05) is 31.1 Å². The predicted molar refractivity (Wildman–Crippen MR) is 75.1 cm³/mol. The molecule has 2 aromatic rings. The smallest absolute Gasteiger partial charge is 0.133 e. The summed E-state index contributed by atoms with van der Waals surface area (Å²) in [5.74, 6) is 0.665. The van der Waals surface area contributed by atoms with Gasteiger partial charge in [0.1, 0.15) is 11.6 Å². The van der Waals surface area contributed by atoms with Crippen LogP contribution in [-0.2, 0) is 6.54 Å². The fraction of sp³-hybridized carbons (Fsp3) is 0.400. The van der Waals surface area contributed by atoms with Crippen LogP contribution < -0.4 is 4.90 Å². The molecule has 0 spiro atoms. The van der Waals surface area contributed by atoms with E-state index in [0.29, 0.717) is 0 Å². The summed E-state index contributed by atoms with van der Waals surface area (Å²) >= 11 is 0. The quantitative estimate of drug-likeness (QED) is 0.861. The first-order valence-electron chi connectivity index (χ1n) is 6.86. The Kier molecular flexibility index (Phi) is 3.69. The van der Waals surface area contributed by atoms with Crippen LogP contribution in [0.25, 0.3) is 0 Å². The van der Waals surface area contributed by atoms with Gasteiger partial charge in [-0.25, -0.2) is 4.39 Å². The maximum Gasteiger partial charge on any atom is 0.133 e. The second-order valence-corrected chi connectivity index (χ2v) is 5.17. The molecule has 0 N–H and O–H groups in total. The van der Waals surface area contributed by atoms with Gasteiger partial charge in [0.2, 0.25) is 0 Å². The van der Waals surface area contributed by atoms with Crippen LogP contribution in [0.2, 0.25) is 0 Å². The first-order valence-corrected chi connectivity index (χ1v) is 6.86. The van der Waals surface area contributed by atoms with Gasteiger partial charge in [-0.15, -0.1) is 0 Å². The number of aromatic nitrogens is 1. The minimum absolute atomic E-state index is 0.186. The van der Waals surface area contributed by atoms with Crippen LogP contribution in [0.4, 0.5) is 10.1 Å². The van der Waals surface area contributed by atoms with Crippen LogP contribution in [0.5, 0.6) is 0 Å². The van der Waals surface area contributed by atoms with Crippen LogP contribution >= 0.6 is 0 Å². The Hall–Kier alpha value is -1.88. The molecule has 0 amide bonds. The van der Waals surface area contributed by atoms with Crippen LogP contribution in [-0.4, -0.2) is 36.2 Å². The number of hydrogen-bond acceptors (Lipinski definition) is 4. The zero-order valence-corrected chi connectivity index (χ0v) is 11.6. The highest BCUT2D eigenvalue weighted by molar-refractivity contribution is 5.46. The van der Waals surface area contributed by atoms with Crippen molar-refractivity contribution < 1.29 is 8.91 Å². The Balaban J connectivity index is 1.55. The summed E-state index contributed by atoms with van der Waals surface area (Å²) in [6, 6.07) is 8.68. The largest absolute Gasteiger partial charge is 0.369 e. The monoisotopic (exact) mass is 275 g/mol. The third kappa shape index (κ3) is 2.99. The normalized spacial score (nSPS) is 16.6. The van der Waals surface area contributed by atoms with Crippen molar-refractivity contribution in [3.05, 3.63) is 47.6 Å². The molecule has 1 aliphatic rings. The van der Waals surface area contributed by atoms with E-state index in [-0.39, 0.29) is 5.82 Å². The van der Waals surface area contributed by atoms with Gasteiger partial charge in [-0.2, -0.15) is 0 Å². The van der Waals surface area contributed by atoms with Crippen LogP contribution in [0, 0.1) is 12.7 Å². The number of anilines is 1. The van der Waals surface area contributed by atoms with Gasteiger partial charge in [0.25, 0.3) is 0 Å². The highest BCUT2D eigenvalue weighted by Gasteiger charge is 2.18. The number of hydrogen-bond donors (Lipinski definition) is 0. The summed E-state index contributed by atoms with van der Waals surface area (Å²) in [6.45, 7) is 6.58. The maximum atomic E-state index is 12.9. The number of halogens is 1. The minimum Gasteiger partial charge on any atom is -0.369 e. The number of rotatable bonds is 3. The Bertz CT molecular complexity index is 559. The zero-order chi connectivity index (χ0) is 13.9. The average molecular weight is 275 g/mol. The fourth-order valence-corrected chi connectivity index (χ4v) is 2.54. The lowest BCUT2D eigenvalue weighted by Crippen LogP contribution is -2.46. The number of benzene rings is 1. The summed E-state index contributed by atoms with van der Waals surface area (Å²) in [5.41, 5.74) is 2.07. The van der Waals surface area contributed by atoms with E-state index < -0.39 is 0 Å². The van der Waals surface area contributed by atoms with Gasteiger partial charge in [-0.3, -0.25) is 4.90 Å². The van der Waals surface area contributed by atoms with Crippen molar-refractivity contribution >= 4 is 5.69 Å². The molecule has 1 fully saturated rings. The molecule has 0 atom stereocenters. The Morgan fingerprint density at radius 1 is 1.15 bits per heavy atom. The van der Waals surface area contributed by atoms with Crippen molar-refractivity contribution in [2.24, 2.45) is 0 Å². The molecule has 0 bridgehead atoms. The van der Waals surface area contributed by atoms with Gasteiger partial charge in [0.15, 0.2) is 0 Å². The molecule has 1 aromatic carbocycles. The van der Waals surface area contributed by atoms with Gasteiger partial charge in [-0.05, 0) is 31.2 Å². The van der Waals surface area contributed by atoms with Crippen molar-refractivity contribution in [1.29, 1.82) is 0 Å². The van der Waals surface area contributed by atoms with Crippen molar-refractivity contribution in [2.45, 2.75) is 13.5 Å². The van der Waals surface area contributed by atoms with E-state index in [1.807, 2.05) is 25.1 Å². The van der Waals surface area contributed by atoms with Gasteiger partial charge >= 0.3 is 0 Å². The van der Waals surface area contributed by atoms with Crippen molar-refractivity contribution in [3.63, 3.8) is 0 Å². The third-order valence-electron chi connectivity index (χ3n) is 3.63. The summed E-state index contributed by atoms with van der Waals surface area (Å²) in [4.78, 5) is 4.64. The minimum atomic E-state index is -0.186. The average Bonchev–Trinajstić information content (AvgIpc) is 2.86. The molecule has 20 heavy (non-hydrogen) atoms. The lowest BCUT2D eigenvalue weighted by molar-refractivity contribution is 0.241. The van der Waals surface area contributed by atoms with Gasteiger partial charge in [0.05, 0.1) is 5.69 Å². The topological polar surface area (TPSA) is 32.5 Å². The highest BCUT2D eigenvalue weighted by Crippen LogP contribution is 2.17. The second-order valence-electron chi connectivity index (χ2n) is 5.17. The molecule has 106 valence electrons. The molecule has 2 heterocycles. The summed E-state index contributed by atoms with van der Waals surface area (Å²) < 4.78 is 18.0. The molecule has 0 aliphatic carbocycles. The number of nitrogens with zero attached hydrogens (tertiary/aromatic N) is 3. The van der Waals surface area contributed by atoms with Gasteiger partial charge in [0, 0.05) is 44.5 Å². The molecule has 1 aromatic heterocycles. The van der Waals surface area contributed by atoms with Crippen LogP contribution in [0.15, 0.2) is 34.9 Å². The Morgan fingerprint density at radius 2 is 1.85 bits per heavy atom. The molecule has 1 aliphatic heterocycles. The first kappa shape index (κ1) is 13.1. The number of piperazine rings is 1. The third-order valence-corrected chi connectivity index (χ3v) is 3.63. The lowest BCUT2D eigenvalue weighted by Gasteiger charge is -2.35. The van der Waals surface area contributed by atoms with Gasteiger partial charge in [-0.1, -0.05) is 5.16 Å². The summed E-state index contributed by atoms with van der Waals surface area (Å²) in [7, 11) is 0. The second kappa shape index (κ2) is 5.63. The van der Waals surface area contributed by atoms with Crippen molar-refractivity contribution in [1.82, 2.24) is 10.1 Å². The maximum absolute atomic E-state index is 12.9. The fourth-order valence-electron chi connectivity index (χ4n) is 2.54. The van der Waals surface area contributed by atoms with E-state index in [1.54, 1.807) is 0 Å². The molecule has 1 saturated heterocycles. The molecule has 0 unspecified atom stereocenters. The van der Waals surface area contributed by atoms with E-state index in [0.717, 1.165) is 49.9 Å². The standard InChI is InChI=1S/C15H18FN3O/c1-12-10-14(17-20-12)11-18-6-8-19(9-7-18)15-4-2-13(16)3-5-15/h2-5,10H,6-9,11H2,1H3. The molecule has 5 heteroatoms. The molecular weight excluding hydrogens is 257 g/mol. The van der Waals surface area contributed by atoms with Crippen LogP contribution in [0.3, 0.4) is 0 Å². The molecule has 4 nitrogen and oxygen atoms in total. The van der Waals surface area contributed by atoms with Crippen LogP contribution in [0.1, 0.15) is 11.5 Å². The molecule has 0 radical (unpaired) electrons. The zero-order valence-electron chi connectivity index (χ0n) is 11.6. The highest BCUT2D eigenvalue weighted by atomic mass is 19.1. The predicted octanol–water partition coefficient (Wildman–Crippen LogP) is 2.44. The summed E-state index contributed by atoms with van der Waals surface area (Å²) in [5, 5.41) is 4.02. The molecule has 0 saturated carbocycles. The lowest BCUT2D eigenvalue weighted by atomic mass is 10.2. The number of aryl methyl sites for hydroxylation is 1. The van der Waals surface area contributed by atoms with Gasteiger partial charge < -0.3 is 9.42 Å². The first-order chi connectivity index (χ1) is 9.70. The van der Waals surface area contributed by atoms with E-state index >= 15 is 0 Å².